The Hall–Kier alpha value is -2.87. The van der Waals surface area contributed by atoms with Crippen LogP contribution >= 0.6 is 0 Å². The first-order chi connectivity index (χ1) is 15.1. The Kier molecular flexibility index (Phi) is 8.90. The number of carbonyl (C=O) groups is 1. The van der Waals surface area contributed by atoms with Crippen molar-refractivity contribution >= 4 is 16.9 Å². The summed E-state index contributed by atoms with van der Waals surface area (Å²) in [6, 6.07) is 17.9. The van der Waals surface area contributed by atoms with Gasteiger partial charge in [-0.25, -0.2) is 0 Å². The maximum absolute atomic E-state index is 11.0. The van der Waals surface area contributed by atoms with Crippen molar-refractivity contribution in [1.82, 2.24) is 5.32 Å². The predicted molar refractivity (Wildman–Crippen MR) is 117 cm³/mol. The van der Waals surface area contributed by atoms with Crippen LogP contribution in [-0.4, -0.2) is 57.2 Å². The molecule has 1 aromatic heterocycles. The minimum absolute atomic E-state index is 0.166. The van der Waals surface area contributed by atoms with E-state index in [9.17, 15) is 9.90 Å². The molecule has 0 fully saturated rings. The lowest BCUT2D eigenvalue weighted by atomic mass is 10.1. The van der Waals surface area contributed by atoms with E-state index >= 15 is 0 Å². The molecule has 0 amide bonds. The lowest BCUT2D eigenvalue weighted by Gasteiger charge is -2.13. The van der Waals surface area contributed by atoms with Crippen LogP contribution in [0.2, 0.25) is 0 Å². The number of fused-ring (bicyclic) bond motifs is 1. The monoisotopic (exact) mass is 427 g/mol. The van der Waals surface area contributed by atoms with Gasteiger partial charge in [0.1, 0.15) is 29.8 Å². The summed E-state index contributed by atoms with van der Waals surface area (Å²) >= 11 is 0. The zero-order valence-corrected chi connectivity index (χ0v) is 17.7. The van der Waals surface area contributed by atoms with Crippen LogP contribution in [0.25, 0.3) is 11.0 Å². The average Bonchev–Trinajstić information content (AvgIpc) is 3.18. The third kappa shape index (κ3) is 7.71. The summed E-state index contributed by atoms with van der Waals surface area (Å²) in [5.74, 6) is 1.26. The minimum Gasteiger partial charge on any atom is -0.491 e. The fourth-order valence-electron chi connectivity index (χ4n) is 3.06. The second-order valence-corrected chi connectivity index (χ2v) is 7.18. The number of aliphatic hydroxyl groups excluding tert-OH is 1. The zero-order chi connectivity index (χ0) is 21.9. The molecule has 166 valence electrons. The van der Waals surface area contributed by atoms with Gasteiger partial charge in [-0.2, -0.15) is 0 Å². The molecular formula is C24H29NO6. The number of rotatable bonds is 13. The molecular weight excluding hydrogens is 398 g/mol. The highest BCUT2D eigenvalue weighted by Crippen LogP contribution is 2.25. The Balaban J connectivity index is 1.37. The van der Waals surface area contributed by atoms with Crippen LogP contribution < -0.4 is 10.1 Å². The van der Waals surface area contributed by atoms with Crippen LogP contribution in [0.3, 0.4) is 0 Å². The van der Waals surface area contributed by atoms with E-state index in [0.717, 1.165) is 23.2 Å². The molecule has 0 saturated heterocycles. The van der Waals surface area contributed by atoms with Crippen molar-refractivity contribution in [1.29, 1.82) is 0 Å². The van der Waals surface area contributed by atoms with Gasteiger partial charge in [-0.15, -0.1) is 0 Å². The molecule has 0 aliphatic carbocycles. The third-order valence-electron chi connectivity index (χ3n) is 4.69. The van der Waals surface area contributed by atoms with Gasteiger partial charge in [0.15, 0.2) is 0 Å². The number of furan rings is 1. The molecule has 31 heavy (non-hydrogen) atoms. The summed E-state index contributed by atoms with van der Waals surface area (Å²) in [6.45, 7) is 1.89. The molecule has 1 atom stereocenters. The minimum atomic E-state index is -0.656. The van der Waals surface area contributed by atoms with Crippen LogP contribution in [0.15, 0.2) is 59.0 Å². The molecule has 7 nitrogen and oxygen atoms in total. The molecule has 7 heteroatoms. The van der Waals surface area contributed by atoms with Crippen molar-refractivity contribution < 1.29 is 28.5 Å². The molecule has 3 aromatic rings. The molecule has 1 unspecified atom stereocenters. The lowest BCUT2D eigenvalue weighted by molar-refractivity contribution is -0.141. The van der Waals surface area contributed by atoms with Crippen LogP contribution in [0.1, 0.15) is 17.7 Å². The van der Waals surface area contributed by atoms with E-state index in [1.807, 2.05) is 42.5 Å². The fraction of sp³-hybridized carbons (Fsp3) is 0.375. The van der Waals surface area contributed by atoms with Gasteiger partial charge < -0.3 is 29.1 Å². The summed E-state index contributed by atoms with van der Waals surface area (Å²) in [5.41, 5.74) is 1.96. The molecule has 2 aromatic carbocycles. The van der Waals surface area contributed by atoms with Gasteiger partial charge in [0.2, 0.25) is 0 Å². The van der Waals surface area contributed by atoms with Crippen LogP contribution in [-0.2, 0) is 20.7 Å². The maximum Gasteiger partial charge on any atom is 0.307 e. The number of carbonyl (C=O) groups excluding carboxylic acids is 1. The highest BCUT2D eigenvalue weighted by Gasteiger charge is 2.09. The SMILES string of the molecule is COC(=O)CCOCCNCC(O)COc1ccc2cc(Cc3ccccc3)oc2c1. The number of hydrogen-bond donors (Lipinski definition) is 2. The van der Waals surface area contributed by atoms with Crippen LogP contribution in [0, 0.1) is 0 Å². The zero-order valence-electron chi connectivity index (χ0n) is 17.7. The van der Waals surface area contributed by atoms with Gasteiger partial charge in [0.05, 0.1) is 26.7 Å². The number of ether oxygens (including phenoxy) is 3. The molecule has 0 aliphatic rings. The smallest absolute Gasteiger partial charge is 0.307 e. The van der Waals surface area contributed by atoms with E-state index in [2.05, 4.69) is 22.2 Å². The van der Waals surface area contributed by atoms with Crippen molar-refractivity contribution in [2.75, 3.05) is 40.0 Å². The first-order valence-corrected chi connectivity index (χ1v) is 10.4. The maximum atomic E-state index is 11.0. The quantitative estimate of drug-likeness (QED) is 0.320. The Morgan fingerprint density at radius 3 is 2.77 bits per heavy atom. The predicted octanol–water partition coefficient (Wildman–Crippen LogP) is 2.93. The van der Waals surface area contributed by atoms with Crippen molar-refractivity contribution in [3.8, 4) is 5.75 Å². The summed E-state index contributed by atoms with van der Waals surface area (Å²) in [6.07, 6.45) is 0.319. The second kappa shape index (κ2) is 12.1. The van der Waals surface area contributed by atoms with Gasteiger partial charge in [-0.05, 0) is 23.8 Å². The number of aliphatic hydroxyl groups is 1. The highest BCUT2D eigenvalue weighted by atomic mass is 16.5. The summed E-state index contributed by atoms with van der Waals surface area (Å²) in [5, 5.41) is 14.2. The molecule has 0 radical (unpaired) electrons. The Morgan fingerprint density at radius 1 is 1.13 bits per heavy atom. The van der Waals surface area contributed by atoms with E-state index in [1.54, 1.807) is 0 Å². The Morgan fingerprint density at radius 2 is 1.97 bits per heavy atom. The van der Waals surface area contributed by atoms with E-state index in [4.69, 9.17) is 13.9 Å². The second-order valence-electron chi connectivity index (χ2n) is 7.18. The molecule has 3 rings (SSSR count). The van der Waals surface area contributed by atoms with Gasteiger partial charge in [-0.3, -0.25) is 4.79 Å². The van der Waals surface area contributed by atoms with Gasteiger partial charge in [-0.1, -0.05) is 30.3 Å². The Bertz CT molecular complexity index is 940. The molecule has 2 N–H and O–H groups in total. The molecule has 1 heterocycles. The molecule has 0 spiro atoms. The van der Waals surface area contributed by atoms with Crippen molar-refractivity contribution in [2.24, 2.45) is 0 Å². The van der Waals surface area contributed by atoms with Gasteiger partial charge >= 0.3 is 5.97 Å². The summed E-state index contributed by atoms with van der Waals surface area (Å²) < 4.78 is 21.5. The van der Waals surface area contributed by atoms with Gasteiger partial charge in [0, 0.05) is 31.0 Å². The normalized spacial score (nSPS) is 12.1. The lowest BCUT2D eigenvalue weighted by Crippen LogP contribution is -2.33. The number of benzene rings is 2. The van der Waals surface area contributed by atoms with Crippen molar-refractivity contribution in [3.05, 3.63) is 65.9 Å². The number of nitrogens with one attached hydrogen (secondary N) is 1. The molecule has 0 saturated carbocycles. The third-order valence-corrected chi connectivity index (χ3v) is 4.69. The van der Waals surface area contributed by atoms with Crippen LogP contribution in [0.5, 0.6) is 5.75 Å². The van der Waals surface area contributed by atoms with E-state index in [-0.39, 0.29) is 19.0 Å². The first-order valence-electron chi connectivity index (χ1n) is 10.4. The Labute approximate surface area is 181 Å². The number of esters is 1. The topological polar surface area (TPSA) is 90.2 Å². The van der Waals surface area contributed by atoms with Crippen molar-refractivity contribution in [3.63, 3.8) is 0 Å². The molecule has 0 aliphatic heterocycles. The van der Waals surface area contributed by atoms with Crippen LogP contribution in [0.4, 0.5) is 0 Å². The summed E-state index contributed by atoms with van der Waals surface area (Å²) in [4.78, 5) is 11.0. The standard InChI is InChI=1S/C24H29NO6/c1-28-24(27)9-11-29-12-10-25-16-20(26)17-30-21-8-7-19-14-22(31-23(19)15-21)13-18-5-3-2-4-6-18/h2-8,14-15,20,25-26H,9-13,16-17H2,1H3. The summed E-state index contributed by atoms with van der Waals surface area (Å²) in [7, 11) is 1.35. The van der Waals surface area contributed by atoms with Gasteiger partial charge in [0.25, 0.3) is 0 Å². The highest BCUT2D eigenvalue weighted by molar-refractivity contribution is 5.79. The van der Waals surface area contributed by atoms with E-state index in [1.165, 1.54) is 12.7 Å². The van der Waals surface area contributed by atoms with E-state index < -0.39 is 6.10 Å². The van der Waals surface area contributed by atoms with Crippen molar-refractivity contribution in [2.45, 2.75) is 18.9 Å². The molecule has 0 bridgehead atoms. The fourth-order valence-corrected chi connectivity index (χ4v) is 3.06. The number of hydrogen-bond acceptors (Lipinski definition) is 7. The first kappa shape index (κ1) is 22.8. The van der Waals surface area contributed by atoms with E-state index in [0.29, 0.717) is 32.1 Å². The average molecular weight is 427 g/mol. The number of methoxy groups -OCH3 is 1. The largest absolute Gasteiger partial charge is 0.491 e.